The number of azo groups is 1. The van der Waals surface area contributed by atoms with Crippen LogP contribution in [0, 0.1) is 11.3 Å². The Labute approximate surface area is 119 Å². The Balaban J connectivity index is 3.93. The molecule has 0 aliphatic rings. The molecule has 0 saturated carbocycles. The van der Waals surface area contributed by atoms with E-state index in [9.17, 15) is 5.26 Å². The van der Waals surface area contributed by atoms with E-state index in [1.54, 1.807) is 0 Å². The SMILES string of the molecule is CCCCCCCCCC(C)(C#N)N=NC(C)(C)C. The Morgan fingerprint density at radius 3 is 1.84 bits per heavy atom. The zero-order valence-electron chi connectivity index (χ0n) is 13.5. The molecule has 3 nitrogen and oxygen atoms in total. The second-order valence-corrected chi connectivity index (χ2v) is 6.63. The molecule has 0 N–H and O–H groups in total. The minimum atomic E-state index is -0.642. The average molecular weight is 265 g/mol. The summed E-state index contributed by atoms with van der Waals surface area (Å²) in [5, 5.41) is 17.7. The van der Waals surface area contributed by atoms with E-state index in [1.807, 2.05) is 27.7 Å². The standard InChI is InChI=1S/C16H31N3/c1-6-7-8-9-10-11-12-13-16(5,14-17)19-18-15(2,3)4/h6-13H2,1-5H3. The smallest absolute Gasteiger partial charge is 0.164 e. The largest absolute Gasteiger partial charge is 0.196 e. The minimum Gasteiger partial charge on any atom is -0.196 e. The summed E-state index contributed by atoms with van der Waals surface area (Å²) >= 11 is 0. The molecule has 0 rings (SSSR count). The molecule has 0 aliphatic carbocycles. The molecule has 0 amide bonds. The maximum atomic E-state index is 9.25. The minimum absolute atomic E-state index is 0.196. The number of hydrogen-bond donors (Lipinski definition) is 0. The highest BCUT2D eigenvalue weighted by Gasteiger charge is 2.23. The van der Waals surface area contributed by atoms with Gasteiger partial charge in [0.15, 0.2) is 5.54 Å². The predicted molar refractivity (Wildman–Crippen MR) is 81.2 cm³/mol. The van der Waals surface area contributed by atoms with Gasteiger partial charge in [0.1, 0.15) is 0 Å². The highest BCUT2D eigenvalue weighted by Crippen LogP contribution is 2.22. The quantitative estimate of drug-likeness (QED) is 0.392. The van der Waals surface area contributed by atoms with Gasteiger partial charge in [-0.15, -0.1) is 0 Å². The van der Waals surface area contributed by atoms with Crippen LogP contribution in [0.1, 0.15) is 86.0 Å². The molecule has 0 aromatic carbocycles. The van der Waals surface area contributed by atoms with Gasteiger partial charge in [-0.25, -0.2) is 0 Å². The fourth-order valence-corrected chi connectivity index (χ4v) is 1.81. The van der Waals surface area contributed by atoms with Crippen molar-refractivity contribution in [1.82, 2.24) is 0 Å². The summed E-state index contributed by atoms with van der Waals surface area (Å²) in [6.07, 6.45) is 9.66. The fraction of sp³-hybridized carbons (Fsp3) is 0.938. The highest BCUT2D eigenvalue weighted by molar-refractivity contribution is 5.03. The van der Waals surface area contributed by atoms with E-state index < -0.39 is 5.54 Å². The van der Waals surface area contributed by atoms with Crippen molar-refractivity contribution >= 4 is 0 Å². The van der Waals surface area contributed by atoms with Gasteiger partial charge < -0.3 is 0 Å². The summed E-state index contributed by atoms with van der Waals surface area (Å²) in [5.74, 6) is 0. The lowest BCUT2D eigenvalue weighted by molar-refractivity contribution is 0.437. The van der Waals surface area contributed by atoms with Gasteiger partial charge in [0.05, 0.1) is 11.6 Å². The van der Waals surface area contributed by atoms with Crippen LogP contribution in [0.15, 0.2) is 10.2 Å². The summed E-state index contributed by atoms with van der Waals surface area (Å²) in [6, 6.07) is 2.30. The van der Waals surface area contributed by atoms with Crippen molar-refractivity contribution in [2.75, 3.05) is 0 Å². The van der Waals surface area contributed by atoms with E-state index in [2.05, 4.69) is 23.2 Å². The van der Waals surface area contributed by atoms with E-state index in [0.29, 0.717) is 0 Å². The van der Waals surface area contributed by atoms with Gasteiger partial charge in [-0.1, -0.05) is 45.4 Å². The van der Waals surface area contributed by atoms with Gasteiger partial charge in [0, 0.05) is 0 Å². The van der Waals surface area contributed by atoms with Crippen LogP contribution in [0.3, 0.4) is 0 Å². The van der Waals surface area contributed by atoms with E-state index in [1.165, 1.54) is 38.5 Å². The van der Waals surface area contributed by atoms with Crippen LogP contribution in [0.25, 0.3) is 0 Å². The number of hydrogen-bond acceptors (Lipinski definition) is 3. The first-order valence-corrected chi connectivity index (χ1v) is 7.68. The Hall–Kier alpha value is -0.910. The molecule has 1 atom stereocenters. The van der Waals surface area contributed by atoms with E-state index in [0.717, 1.165) is 12.8 Å². The lowest BCUT2D eigenvalue weighted by atomic mass is 9.96. The summed E-state index contributed by atoms with van der Waals surface area (Å²) in [4.78, 5) is 0. The Morgan fingerprint density at radius 1 is 0.842 bits per heavy atom. The molecule has 0 aromatic rings. The van der Waals surface area contributed by atoms with Crippen LogP contribution in [0.4, 0.5) is 0 Å². The lowest BCUT2D eigenvalue weighted by Crippen LogP contribution is -2.20. The second-order valence-electron chi connectivity index (χ2n) is 6.63. The van der Waals surface area contributed by atoms with Crippen LogP contribution >= 0.6 is 0 Å². The maximum Gasteiger partial charge on any atom is 0.164 e. The first-order chi connectivity index (χ1) is 8.83. The summed E-state index contributed by atoms with van der Waals surface area (Å²) < 4.78 is 0. The van der Waals surface area contributed by atoms with Gasteiger partial charge in [-0.2, -0.15) is 15.5 Å². The predicted octanol–water partition coefficient (Wildman–Crippen LogP) is 5.66. The molecular weight excluding hydrogens is 234 g/mol. The van der Waals surface area contributed by atoms with E-state index >= 15 is 0 Å². The highest BCUT2D eigenvalue weighted by atomic mass is 15.2. The number of nitrogens with zero attached hydrogens (tertiary/aromatic N) is 3. The van der Waals surface area contributed by atoms with Crippen molar-refractivity contribution < 1.29 is 0 Å². The van der Waals surface area contributed by atoms with Crippen molar-refractivity contribution in [3.63, 3.8) is 0 Å². The molecule has 0 heterocycles. The molecule has 0 radical (unpaired) electrons. The normalized spacial score (nSPS) is 15.4. The average Bonchev–Trinajstić information content (AvgIpc) is 2.35. The summed E-state index contributed by atoms with van der Waals surface area (Å²) in [5.41, 5.74) is -0.838. The zero-order valence-corrected chi connectivity index (χ0v) is 13.5. The van der Waals surface area contributed by atoms with Crippen LogP contribution in [-0.2, 0) is 0 Å². The fourth-order valence-electron chi connectivity index (χ4n) is 1.81. The Morgan fingerprint density at radius 2 is 1.37 bits per heavy atom. The Kier molecular flexibility index (Phi) is 8.63. The molecule has 1 unspecified atom stereocenters. The molecule has 0 spiro atoms. The molecule has 0 fully saturated rings. The zero-order chi connectivity index (χ0) is 14.8. The topological polar surface area (TPSA) is 48.5 Å². The van der Waals surface area contributed by atoms with Crippen LogP contribution in [0.5, 0.6) is 0 Å². The van der Waals surface area contributed by atoms with Gasteiger partial charge >= 0.3 is 0 Å². The molecule has 3 heteroatoms. The molecule has 0 aromatic heterocycles. The second kappa shape index (κ2) is 9.07. The maximum absolute atomic E-state index is 9.25. The number of nitriles is 1. The molecule has 0 bridgehead atoms. The van der Waals surface area contributed by atoms with Crippen LogP contribution in [0.2, 0.25) is 0 Å². The third-order valence-electron chi connectivity index (χ3n) is 3.08. The summed E-state index contributed by atoms with van der Waals surface area (Å²) in [7, 11) is 0. The van der Waals surface area contributed by atoms with Crippen LogP contribution < -0.4 is 0 Å². The van der Waals surface area contributed by atoms with Crippen molar-refractivity contribution in [2.45, 2.75) is 97.1 Å². The van der Waals surface area contributed by atoms with Crippen molar-refractivity contribution in [3.8, 4) is 6.07 Å². The van der Waals surface area contributed by atoms with Gasteiger partial charge in [-0.05, 0) is 40.5 Å². The van der Waals surface area contributed by atoms with Crippen LogP contribution in [-0.4, -0.2) is 11.1 Å². The Bertz CT molecular complexity index is 296. The third-order valence-corrected chi connectivity index (χ3v) is 3.08. The number of unbranched alkanes of at least 4 members (excludes halogenated alkanes) is 6. The lowest BCUT2D eigenvalue weighted by Gasteiger charge is -2.18. The third kappa shape index (κ3) is 10.7. The van der Waals surface area contributed by atoms with Crippen molar-refractivity contribution in [2.24, 2.45) is 10.2 Å². The van der Waals surface area contributed by atoms with Gasteiger partial charge in [0.25, 0.3) is 0 Å². The number of rotatable bonds is 9. The monoisotopic (exact) mass is 265 g/mol. The molecule has 19 heavy (non-hydrogen) atoms. The molecule has 110 valence electrons. The van der Waals surface area contributed by atoms with Gasteiger partial charge in [-0.3, -0.25) is 0 Å². The summed E-state index contributed by atoms with van der Waals surface area (Å²) in [6.45, 7) is 10.1. The first-order valence-electron chi connectivity index (χ1n) is 7.68. The molecule has 0 saturated heterocycles. The van der Waals surface area contributed by atoms with E-state index in [4.69, 9.17) is 0 Å². The van der Waals surface area contributed by atoms with Crippen molar-refractivity contribution in [1.29, 1.82) is 5.26 Å². The molecular formula is C16H31N3. The molecule has 0 aliphatic heterocycles. The van der Waals surface area contributed by atoms with Crippen molar-refractivity contribution in [3.05, 3.63) is 0 Å². The van der Waals surface area contributed by atoms with E-state index in [-0.39, 0.29) is 5.54 Å². The van der Waals surface area contributed by atoms with Gasteiger partial charge in [0.2, 0.25) is 0 Å². The first kappa shape index (κ1) is 18.1.